The van der Waals surface area contributed by atoms with E-state index in [1.54, 1.807) is 62.0 Å². The first-order valence-corrected chi connectivity index (χ1v) is 13.3. The summed E-state index contributed by atoms with van der Waals surface area (Å²) in [6, 6.07) is 25.4. The SMILES string of the molecule is CCC(OC(=O)c1c(-c2ccccc2)c2ccccc2c(=O)n1C)C(=O)Nc1c(C)n(C)n(-c2ccccc2)c1=O. The molecule has 0 saturated heterocycles. The molecule has 0 aliphatic rings. The highest BCUT2D eigenvalue weighted by molar-refractivity contribution is 6.07. The molecule has 0 radical (unpaired) electrons. The van der Waals surface area contributed by atoms with E-state index in [1.165, 1.54) is 16.3 Å². The monoisotopic (exact) mass is 550 g/mol. The van der Waals surface area contributed by atoms with Crippen molar-refractivity contribution in [3.05, 3.63) is 117 Å². The van der Waals surface area contributed by atoms with Gasteiger partial charge in [0.25, 0.3) is 17.0 Å². The minimum Gasteiger partial charge on any atom is -0.448 e. The molecule has 9 nitrogen and oxygen atoms in total. The number of aromatic nitrogens is 3. The first-order chi connectivity index (χ1) is 19.7. The predicted molar refractivity (Wildman–Crippen MR) is 158 cm³/mol. The van der Waals surface area contributed by atoms with Gasteiger partial charge in [0.1, 0.15) is 11.4 Å². The molecule has 1 atom stereocenters. The van der Waals surface area contributed by atoms with Crippen LogP contribution in [0.3, 0.4) is 0 Å². The maximum Gasteiger partial charge on any atom is 0.356 e. The molecule has 208 valence electrons. The van der Waals surface area contributed by atoms with Crippen molar-refractivity contribution in [1.29, 1.82) is 0 Å². The third-order valence-corrected chi connectivity index (χ3v) is 7.27. The topological polar surface area (TPSA) is 104 Å². The molecule has 41 heavy (non-hydrogen) atoms. The molecule has 2 heterocycles. The van der Waals surface area contributed by atoms with Crippen molar-refractivity contribution < 1.29 is 14.3 Å². The Morgan fingerprint density at radius 2 is 1.41 bits per heavy atom. The molecule has 0 saturated carbocycles. The zero-order chi connectivity index (χ0) is 29.3. The molecule has 0 spiro atoms. The predicted octanol–water partition coefficient (Wildman–Crippen LogP) is 4.58. The summed E-state index contributed by atoms with van der Waals surface area (Å²) in [5.41, 5.74) is 1.82. The maximum absolute atomic E-state index is 13.7. The lowest BCUT2D eigenvalue weighted by atomic mass is 9.97. The van der Waals surface area contributed by atoms with Crippen LogP contribution in [0.25, 0.3) is 27.6 Å². The van der Waals surface area contributed by atoms with Crippen LogP contribution in [0.15, 0.2) is 94.5 Å². The zero-order valence-electron chi connectivity index (χ0n) is 23.3. The van der Waals surface area contributed by atoms with Crippen molar-refractivity contribution in [2.45, 2.75) is 26.4 Å². The Hall–Kier alpha value is -5.18. The lowest BCUT2D eigenvalue weighted by Gasteiger charge is -2.20. The van der Waals surface area contributed by atoms with Crippen LogP contribution >= 0.6 is 0 Å². The van der Waals surface area contributed by atoms with E-state index in [0.29, 0.717) is 27.7 Å². The van der Waals surface area contributed by atoms with Crippen molar-refractivity contribution >= 4 is 28.3 Å². The molecule has 2 aromatic heterocycles. The number of nitrogens with zero attached hydrogens (tertiary/aromatic N) is 3. The molecule has 0 aliphatic carbocycles. The van der Waals surface area contributed by atoms with Crippen molar-refractivity contribution in [3.63, 3.8) is 0 Å². The number of hydrogen-bond acceptors (Lipinski definition) is 5. The molecular formula is C32H30N4O5. The van der Waals surface area contributed by atoms with Gasteiger partial charge in [-0.2, -0.15) is 0 Å². The van der Waals surface area contributed by atoms with Crippen molar-refractivity contribution in [2.24, 2.45) is 14.1 Å². The van der Waals surface area contributed by atoms with Gasteiger partial charge in [-0.05, 0) is 42.5 Å². The van der Waals surface area contributed by atoms with Crippen LogP contribution in [0.2, 0.25) is 0 Å². The summed E-state index contributed by atoms with van der Waals surface area (Å²) in [4.78, 5) is 53.6. The summed E-state index contributed by atoms with van der Waals surface area (Å²) in [6.07, 6.45) is -1.06. The summed E-state index contributed by atoms with van der Waals surface area (Å²) >= 11 is 0. The fourth-order valence-electron chi connectivity index (χ4n) is 5.02. The van der Waals surface area contributed by atoms with Gasteiger partial charge in [-0.1, -0.05) is 73.7 Å². The van der Waals surface area contributed by atoms with E-state index >= 15 is 0 Å². The number of nitrogens with one attached hydrogen (secondary N) is 1. The third kappa shape index (κ3) is 4.86. The number of ether oxygens (including phenoxy) is 1. The Morgan fingerprint density at radius 3 is 2.05 bits per heavy atom. The Bertz CT molecular complexity index is 1890. The van der Waals surface area contributed by atoms with Crippen LogP contribution in [-0.4, -0.2) is 31.9 Å². The Kier molecular flexibility index (Phi) is 7.43. The van der Waals surface area contributed by atoms with Crippen LogP contribution in [0.1, 0.15) is 29.5 Å². The van der Waals surface area contributed by atoms with E-state index in [4.69, 9.17) is 4.74 Å². The molecular weight excluding hydrogens is 520 g/mol. The molecule has 0 fully saturated rings. The largest absolute Gasteiger partial charge is 0.448 e. The summed E-state index contributed by atoms with van der Waals surface area (Å²) < 4.78 is 10.1. The molecule has 1 unspecified atom stereocenters. The average Bonchev–Trinajstić information content (AvgIpc) is 3.20. The number of rotatable bonds is 7. The number of para-hydroxylation sites is 1. The number of amides is 1. The van der Waals surface area contributed by atoms with Crippen molar-refractivity contribution in [3.8, 4) is 16.8 Å². The second kappa shape index (κ2) is 11.1. The van der Waals surface area contributed by atoms with Crippen LogP contribution < -0.4 is 16.4 Å². The van der Waals surface area contributed by atoms with Gasteiger partial charge in [-0.15, -0.1) is 0 Å². The van der Waals surface area contributed by atoms with Gasteiger partial charge in [0.05, 0.1) is 11.4 Å². The highest BCUT2D eigenvalue weighted by Crippen LogP contribution is 2.31. The minimum atomic E-state index is -1.21. The van der Waals surface area contributed by atoms with Crippen molar-refractivity contribution in [2.75, 3.05) is 5.32 Å². The van der Waals surface area contributed by atoms with E-state index in [9.17, 15) is 19.2 Å². The van der Waals surface area contributed by atoms with Crippen LogP contribution in [0.4, 0.5) is 5.69 Å². The lowest BCUT2D eigenvalue weighted by Crippen LogP contribution is -2.35. The van der Waals surface area contributed by atoms with Gasteiger partial charge < -0.3 is 14.6 Å². The number of anilines is 1. The van der Waals surface area contributed by atoms with Crippen LogP contribution in [0.5, 0.6) is 0 Å². The third-order valence-electron chi connectivity index (χ3n) is 7.27. The number of benzene rings is 3. The number of hydrogen-bond donors (Lipinski definition) is 1. The minimum absolute atomic E-state index is 0.0356. The molecule has 3 aromatic carbocycles. The van der Waals surface area contributed by atoms with Gasteiger partial charge >= 0.3 is 5.97 Å². The Morgan fingerprint density at radius 1 is 0.829 bits per heavy atom. The van der Waals surface area contributed by atoms with Gasteiger partial charge in [0, 0.05) is 25.0 Å². The van der Waals surface area contributed by atoms with E-state index in [0.717, 1.165) is 5.56 Å². The number of carbonyl (C=O) groups excluding carboxylic acids is 2. The first-order valence-electron chi connectivity index (χ1n) is 13.3. The quantitative estimate of drug-likeness (QED) is 0.299. The summed E-state index contributed by atoms with van der Waals surface area (Å²) in [5.74, 6) is -1.46. The molecule has 5 aromatic rings. The van der Waals surface area contributed by atoms with Crippen molar-refractivity contribution in [1.82, 2.24) is 13.9 Å². The fourth-order valence-corrected chi connectivity index (χ4v) is 5.02. The highest BCUT2D eigenvalue weighted by atomic mass is 16.5. The Labute approximate surface area is 236 Å². The molecule has 1 N–H and O–H groups in total. The summed E-state index contributed by atoms with van der Waals surface area (Å²) in [5, 5.41) is 3.75. The second-order valence-corrected chi connectivity index (χ2v) is 9.73. The molecule has 5 rings (SSSR count). The van der Waals surface area contributed by atoms with Crippen LogP contribution in [0, 0.1) is 6.92 Å². The molecule has 1 amide bonds. The number of fused-ring (bicyclic) bond motifs is 1. The zero-order valence-corrected chi connectivity index (χ0v) is 23.3. The number of esters is 1. The van der Waals surface area contributed by atoms with E-state index in [-0.39, 0.29) is 23.4 Å². The van der Waals surface area contributed by atoms with Gasteiger partial charge in [0.15, 0.2) is 6.10 Å². The van der Waals surface area contributed by atoms with E-state index < -0.39 is 23.5 Å². The smallest absolute Gasteiger partial charge is 0.356 e. The maximum atomic E-state index is 13.7. The highest BCUT2D eigenvalue weighted by Gasteiger charge is 2.29. The van der Waals surface area contributed by atoms with E-state index in [2.05, 4.69) is 5.32 Å². The fraction of sp³-hybridized carbons (Fsp3) is 0.188. The standard InChI is InChI=1S/C32H30N4O5/c1-5-25(29(37)33-27-20(2)35(4)36(31(27)39)22-16-10-7-11-17-22)41-32(40)28-26(21-14-8-6-9-15-21)23-18-12-13-19-24(23)30(38)34(28)3/h6-19,25H,5H2,1-4H3,(H,33,37). The summed E-state index contributed by atoms with van der Waals surface area (Å²) in [6.45, 7) is 3.43. The molecule has 9 heteroatoms. The Balaban J connectivity index is 1.51. The molecule has 0 bridgehead atoms. The normalized spacial score (nSPS) is 11.8. The van der Waals surface area contributed by atoms with Gasteiger partial charge in [-0.3, -0.25) is 19.1 Å². The second-order valence-electron chi connectivity index (χ2n) is 9.73. The first kappa shape index (κ1) is 27.4. The van der Waals surface area contributed by atoms with E-state index in [1.807, 2.05) is 48.5 Å². The van der Waals surface area contributed by atoms with Crippen LogP contribution in [-0.2, 0) is 23.6 Å². The van der Waals surface area contributed by atoms with Gasteiger partial charge in [0.2, 0.25) is 0 Å². The average molecular weight is 551 g/mol. The number of carbonyl (C=O) groups is 2. The van der Waals surface area contributed by atoms with Gasteiger partial charge in [-0.25, -0.2) is 9.48 Å². The molecule has 0 aliphatic heterocycles. The number of pyridine rings is 1. The lowest BCUT2D eigenvalue weighted by molar-refractivity contribution is -0.124. The summed E-state index contributed by atoms with van der Waals surface area (Å²) in [7, 11) is 3.24.